The number of benzene rings is 1. The summed E-state index contributed by atoms with van der Waals surface area (Å²) in [4.78, 5) is 22.3. The molecule has 1 aliphatic heterocycles. The minimum atomic E-state index is -0.667. The first-order valence-corrected chi connectivity index (χ1v) is 13.2. The zero-order valence-corrected chi connectivity index (χ0v) is 21.8. The Morgan fingerprint density at radius 3 is 2.64 bits per heavy atom. The van der Waals surface area contributed by atoms with E-state index in [4.69, 9.17) is 4.74 Å². The van der Waals surface area contributed by atoms with Crippen molar-refractivity contribution in [2.24, 2.45) is 5.92 Å². The number of cyclic esters (lactones) is 1. The second kappa shape index (κ2) is 9.68. The predicted octanol–water partition coefficient (Wildman–Crippen LogP) is 5.48. The number of rotatable bonds is 7. The Labute approximate surface area is 212 Å². The molecule has 3 aromatic rings. The van der Waals surface area contributed by atoms with Gasteiger partial charge in [-0.2, -0.15) is 4.98 Å². The van der Waals surface area contributed by atoms with Crippen molar-refractivity contribution in [2.45, 2.75) is 91.1 Å². The van der Waals surface area contributed by atoms with Gasteiger partial charge in [-0.15, -0.1) is 5.10 Å². The number of aliphatic hydroxyl groups excluding tert-OH is 1. The lowest BCUT2D eigenvalue weighted by molar-refractivity contribution is -0.167. The van der Waals surface area contributed by atoms with E-state index in [0.29, 0.717) is 24.4 Å². The van der Waals surface area contributed by atoms with E-state index in [1.165, 1.54) is 16.7 Å². The molecule has 1 fully saturated rings. The van der Waals surface area contributed by atoms with Gasteiger partial charge in [0.2, 0.25) is 0 Å². The van der Waals surface area contributed by atoms with E-state index in [0.717, 1.165) is 49.9 Å². The predicted molar refractivity (Wildman–Crippen MR) is 138 cm³/mol. The first-order chi connectivity index (χ1) is 17.3. The van der Waals surface area contributed by atoms with Crippen molar-refractivity contribution in [1.29, 1.82) is 0 Å². The summed E-state index contributed by atoms with van der Waals surface area (Å²) in [5, 5.41) is 15.7. The number of ether oxygens (including phenoxy) is 1. The van der Waals surface area contributed by atoms with Crippen LogP contribution in [0.5, 0.6) is 0 Å². The second-order valence-electron chi connectivity index (χ2n) is 10.6. The molecule has 0 amide bonds. The maximum Gasteiger partial charge on any atom is 0.338 e. The van der Waals surface area contributed by atoms with E-state index in [1.54, 1.807) is 4.52 Å². The summed E-state index contributed by atoms with van der Waals surface area (Å²) >= 11 is 0. The fourth-order valence-corrected chi connectivity index (χ4v) is 6.05. The van der Waals surface area contributed by atoms with Gasteiger partial charge in [-0.1, -0.05) is 38.0 Å². The molecule has 2 aromatic heterocycles. The van der Waals surface area contributed by atoms with Gasteiger partial charge in [0.1, 0.15) is 11.4 Å². The van der Waals surface area contributed by atoms with Crippen LogP contribution in [0.15, 0.2) is 35.6 Å². The molecule has 0 radical (unpaired) electrons. The summed E-state index contributed by atoms with van der Waals surface area (Å²) in [5.74, 6) is 0.898. The molecular formula is C29H36N4O3. The van der Waals surface area contributed by atoms with Gasteiger partial charge in [0.15, 0.2) is 5.82 Å². The van der Waals surface area contributed by atoms with Crippen LogP contribution < -0.4 is 0 Å². The molecule has 0 spiro atoms. The van der Waals surface area contributed by atoms with Crippen molar-refractivity contribution < 1.29 is 14.6 Å². The summed E-state index contributed by atoms with van der Waals surface area (Å²) in [7, 11) is 0. The third kappa shape index (κ3) is 4.63. The van der Waals surface area contributed by atoms with E-state index in [-0.39, 0.29) is 23.7 Å². The van der Waals surface area contributed by atoms with Gasteiger partial charge in [-0.05, 0) is 81.5 Å². The lowest BCUT2D eigenvalue weighted by atomic mass is 9.76. The Morgan fingerprint density at radius 2 is 1.92 bits per heavy atom. The molecule has 0 saturated heterocycles. The molecule has 1 saturated carbocycles. The molecule has 5 rings (SSSR count). The summed E-state index contributed by atoms with van der Waals surface area (Å²) in [6, 6.07) is 8.56. The van der Waals surface area contributed by atoms with Crippen molar-refractivity contribution in [3.05, 3.63) is 69.5 Å². The van der Waals surface area contributed by atoms with Gasteiger partial charge >= 0.3 is 5.97 Å². The molecule has 190 valence electrons. The van der Waals surface area contributed by atoms with Gasteiger partial charge in [0, 0.05) is 24.2 Å². The van der Waals surface area contributed by atoms with E-state index >= 15 is 0 Å². The van der Waals surface area contributed by atoms with Gasteiger partial charge in [0.25, 0.3) is 5.78 Å². The zero-order chi connectivity index (χ0) is 25.4. The molecule has 1 unspecified atom stereocenters. The second-order valence-corrected chi connectivity index (χ2v) is 10.6. The average molecular weight is 489 g/mol. The van der Waals surface area contributed by atoms with E-state index in [1.807, 2.05) is 19.9 Å². The molecule has 1 N–H and O–H groups in total. The summed E-state index contributed by atoms with van der Waals surface area (Å²) in [6.45, 7) is 8.18. The average Bonchev–Trinajstić information content (AvgIpc) is 3.52. The molecule has 1 aliphatic carbocycles. The molecular weight excluding hydrogens is 452 g/mol. The van der Waals surface area contributed by atoms with Crippen molar-refractivity contribution in [2.75, 3.05) is 0 Å². The van der Waals surface area contributed by atoms with Crippen molar-refractivity contribution in [3.8, 4) is 0 Å². The van der Waals surface area contributed by atoms with Crippen LogP contribution in [0.4, 0.5) is 0 Å². The molecule has 2 aliphatic rings. The highest BCUT2D eigenvalue weighted by molar-refractivity contribution is 5.90. The van der Waals surface area contributed by atoms with Crippen LogP contribution in [-0.4, -0.2) is 36.3 Å². The van der Waals surface area contributed by atoms with Crippen molar-refractivity contribution in [1.82, 2.24) is 19.6 Å². The Morgan fingerprint density at radius 1 is 1.14 bits per heavy atom. The van der Waals surface area contributed by atoms with E-state index in [2.05, 4.69) is 47.1 Å². The number of hydrogen-bond donors (Lipinski definition) is 1. The monoisotopic (exact) mass is 488 g/mol. The summed E-state index contributed by atoms with van der Waals surface area (Å²) < 4.78 is 7.97. The standard InChI is InChI=1S/C29H36N4O3/c1-5-22-15-21(11-10-18(22)2)12-13-29(23-8-6-7-9-23)17-25(34)24(27(35)36-29)16-26-31-28-30-19(3)14-20(4)33(28)32-26/h10-11,14-15,23,34H,5-9,12-13,16-17H2,1-4H3. The topological polar surface area (TPSA) is 89.6 Å². The van der Waals surface area contributed by atoms with Gasteiger partial charge in [-0.25, -0.2) is 14.3 Å². The minimum absolute atomic E-state index is 0.121. The van der Waals surface area contributed by atoms with Crippen LogP contribution in [0.2, 0.25) is 0 Å². The molecule has 3 heterocycles. The zero-order valence-electron chi connectivity index (χ0n) is 21.8. The third-order valence-corrected chi connectivity index (χ3v) is 8.08. The molecule has 7 nitrogen and oxygen atoms in total. The summed E-state index contributed by atoms with van der Waals surface area (Å²) in [5.41, 5.74) is 5.29. The van der Waals surface area contributed by atoms with Crippen LogP contribution >= 0.6 is 0 Å². The van der Waals surface area contributed by atoms with E-state index in [9.17, 15) is 9.90 Å². The summed E-state index contributed by atoms with van der Waals surface area (Å²) in [6.07, 6.45) is 7.36. The fourth-order valence-electron chi connectivity index (χ4n) is 6.05. The highest BCUT2D eigenvalue weighted by Gasteiger charge is 2.48. The van der Waals surface area contributed by atoms with Crippen LogP contribution in [0.25, 0.3) is 5.78 Å². The van der Waals surface area contributed by atoms with Crippen LogP contribution in [0.3, 0.4) is 0 Å². The Bertz CT molecular complexity index is 1340. The number of aryl methyl sites for hydroxylation is 5. The highest BCUT2D eigenvalue weighted by atomic mass is 16.6. The number of fused-ring (bicyclic) bond motifs is 1. The quantitative estimate of drug-likeness (QED) is 0.443. The molecule has 1 atom stereocenters. The third-order valence-electron chi connectivity index (χ3n) is 8.08. The number of aromatic nitrogens is 4. The maximum atomic E-state index is 13.4. The number of carbonyl (C=O) groups excluding carboxylic acids is 1. The molecule has 0 bridgehead atoms. The molecule has 7 heteroatoms. The number of esters is 1. The lowest BCUT2D eigenvalue weighted by Crippen LogP contribution is -2.46. The number of nitrogens with zero attached hydrogens (tertiary/aromatic N) is 4. The van der Waals surface area contributed by atoms with Gasteiger partial charge in [-0.3, -0.25) is 0 Å². The lowest BCUT2D eigenvalue weighted by Gasteiger charge is -2.41. The Hall–Kier alpha value is -3.22. The Kier molecular flexibility index (Phi) is 6.58. The highest BCUT2D eigenvalue weighted by Crippen LogP contribution is 2.46. The SMILES string of the molecule is CCc1cc(CCC2(C3CCCC3)CC(O)=C(Cc3nc4nc(C)cc(C)n4n3)C(=O)O2)ccc1C. The van der Waals surface area contributed by atoms with E-state index < -0.39 is 11.6 Å². The van der Waals surface area contributed by atoms with Crippen LogP contribution in [0.1, 0.15) is 79.4 Å². The number of aliphatic hydroxyl groups is 1. The maximum absolute atomic E-state index is 13.4. The number of hydrogen-bond acceptors (Lipinski definition) is 6. The first-order valence-electron chi connectivity index (χ1n) is 13.2. The van der Waals surface area contributed by atoms with Crippen molar-refractivity contribution in [3.63, 3.8) is 0 Å². The fraction of sp³-hybridized carbons (Fsp3) is 0.517. The van der Waals surface area contributed by atoms with Gasteiger partial charge < -0.3 is 9.84 Å². The van der Waals surface area contributed by atoms with Crippen molar-refractivity contribution >= 4 is 11.7 Å². The minimum Gasteiger partial charge on any atom is -0.512 e. The first kappa shape index (κ1) is 24.5. The normalized spacial score (nSPS) is 20.9. The molecule has 36 heavy (non-hydrogen) atoms. The van der Waals surface area contributed by atoms with Crippen LogP contribution in [-0.2, 0) is 28.8 Å². The van der Waals surface area contributed by atoms with Crippen LogP contribution in [0, 0.1) is 26.7 Å². The molecule has 1 aromatic carbocycles. The largest absolute Gasteiger partial charge is 0.512 e. The smallest absolute Gasteiger partial charge is 0.338 e. The Balaban J connectivity index is 1.40. The number of carbonyl (C=O) groups is 1. The van der Waals surface area contributed by atoms with Gasteiger partial charge in [0.05, 0.1) is 5.57 Å².